The Bertz CT molecular complexity index is 1530. The van der Waals surface area contributed by atoms with Gasteiger partial charge in [0.2, 0.25) is 0 Å². The van der Waals surface area contributed by atoms with E-state index in [1.807, 2.05) is 0 Å². The zero-order chi connectivity index (χ0) is 28.8. The number of nitrogens with zero attached hydrogens (tertiary/aromatic N) is 2. The Hall–Kier alpha value is -5.44. The number of ether oxygens (including phenoxy) is 4. The van der Waals surface area contributed by atoms with Crippen LogP contribution in [0.1, 0.15) is 20.7 Å². The highest BCUT2D eigenvalue weighted by Crippen LogP contribution is 2.59. The van der Waals surface area contributed by atoms with Gasteiger partial charge in [-0.05, 0) is 60.7 Å². The lowest BCUT2D eigenvalue weighted by Gasteiger charge is -2.12. The Morgan fingerprint density at radius 1 is 0.600 bits per heavy atom. The fourth-order valence-corrected chi connectivity index (χ4v) is 5.62. The van der Waals surface area contributed by atoms with Crippen molar-refractivity contribution in [3.8, 4) is 35.1 Å². The van der Waals surface area contributed by atoms with Crippen LogP contribution in [0.25, 0.3) is 0 Å². The van der Waals surface area contributed by atoms with Gasteiger partial charge in [0.25, 0.3) is 0 Å². The third-order valence-corrected chi connectivity index (χ3v) is 7.48. The largest absolute Gasteiger partial charge is 0.511 e. The number of fused-ring (bicyclic) bond motifs is 1. The average Bonchev–Trinajstić information content (AvgIpc) is 3.37. The number of rotatable bonds is 6. The molecule has 1 aliphatic heterocycles. The maximum absolute atomic E-state index is 12.8. The fourth-order valence-electron chi connectivity index (χ4n) is 3.14. The number of benzene rings is 3. The van der Waals surface area contributed by atoms with Crippen LogP contribution in [0.3, 0.4) is 0 Å². The molecule has 0 spiro atoms. The van der Waals surface area contributed by atoms with E-state index < -0.39 is 24.2 Å². The summed E-state index contributed by atoms with van der Waals surface area (Å²) in [4.78, 5) is 47.5. The van der Waals surface area contributed by atoms with Crippen molar-refractivity contribution in [1.82, 2.24) is 0 Å². The topological polar surface area (TPSA) is 193 Å². The highest BCUT2D eigenvalue weighted by Gasteiger charge is 2.30. The van der Waals surface area contributed by atoms with Gasteiger partial charge in [0.15, 0.2) is 0 Å². The minimum Gasteiger partial charge on any atom is -0.449 e. The van der Waals surface area contributed by atoms with Gasteiger partial charge in [-0.15, -0.1) is 0 Å². The van der Waals surface area contributed by atoms with Gasteiger partial charge >= 0.3 is 24.2 Å². The van der Waals surface area contributed by atoms with Crippen LogP contribution < -0.4 is 18.9 Å². The molecule has 0 aliphatic carbocycles. The van der Waals surface area contributed by atoms with Gasteiger partial charge in [0, 0.05) is 0 Å². The number of hydrogen-bond donors (Lipinski definition) is 2. The smallest absolute Gasteiger partial charge is 0.449 e. The Kier molecular flexibility index (Phi) is 8.24. The molecule has 0 radical (unpaired) electrons. The summed E-state index contributed by atoms with van der Waals surface area (Å²) in [5.41, 5.74) is -0.0271. The fraction of sp³-hybridized carbons (Fsp3) is 0. The molecule has 12 nitrogen and oxygen atoms in total. The zero-order valence-electron chi connectivity index (χ0n) is 19.6. The molecule has 3 aromatic carbocycles. The second-order valence-corrected chi connectivity index (χ2v) is 9.67. The summed E-state index contributed by atoms with van der Waals surface area (Å²) in [6, 6.07) is 16.7. The Balaban J connectivity index is 1.61. The van der Waals surface area contributed by atoms with E-state index in [0.29, 0.717) is 9.79 Å². The highest BCUT2D eigenvalue weighted by molar-refractivity contribution is 8.24. The van der Waals surface area contributed by atoms with E-state index in [-0.39, 0.29) is 43.9 Å². The lowest BCUT2D eigenvalue weighted by molar-refractivity contribution is 0.0711. The van der Waals surface area contributed by atoms with E-state index in [0.717, 1.165) is 23.5 Å². The number of thioether (sulfide) groups is 2. The number of carbonyl (C=O) groups is 4. The van der Waals surface area contributed by atoms with Crippen molar-refractivity contribution in [1.29, 1.82) is 10.5 Å². The number of allylic oxidation sites excluding steroid dienone is 1. The lowest BCUT2D eigenvalue weighted by atomic mass is 10.2. The molecule has 0 saturated heterocycles. The predicted octanol–water partition coefficient (Wildman–Crippen LogP) is 5.70. The molecule has 0 aromatic heterocycles. The van der Waals surface area contributed by atoms with Gasteiger partial charge in [-0.25, -0.2) is 19.2 Å². The Morgan fingerprint density at radius 3 is 1.30 bits per heavy atom. The molecule has 0 bridgehead atoms. The number of hydrogen-bond acceptors (Lipinski definition) is 12. The standard InChI is InChI=1S/C26H12N2O10S2/c27-11-15(12-28)24-39-20-18(37-22(29)13-1-5-16(6-2-13)35-25(31)32)9-10-19(21(20)40-24)38-23(30)14-3-7-17(8-4-14)36-26(33)34/h1-10H,(H,31,32)(H,33,34). The summed E-state index contributed by atoms with van der Waals surface area (Å²) in [6.07, 6.45) is -3.02. The van der Waals surface area contributed by atoms with Crippen LogP contribution in [0.15, 0.2) is 80.3 Å². The van der Waals surface area contributed by atoms with Crippen LogP contribution in [0.4, 0.5) is 9.59 Å². The van der Waals surface area contributed by atoms with Crippen LogP contribution in [0.2, 0.25) is 0 Å². The van der Waals surface area contributed by atoms with E-state index in [1.165, 1.54) is 60.7 Å². The van der Waals surface area contributed by atoms with Gasteiger partial charge in [0.1, 0.15) is 40.7 Å². The molecule has 14 heteroatoms. The Morgan fingerprint density at radius 2 is 0.975 bits per heavy atom. The second kappa shape index (κ2) is 12.0. The van der Waals surface area contributed by atoms with Crippen LogP contribution >= 0.6 is 23.5 Å². The molecule has 198 valence electrons. The van der Waals surface area contributed by atoms with Gasteiger partial charge in [-0.1, -0.05) is 23.5 Å². The van der Waals surface area contributed by atoms with E-state index in [4.69, 9.17) is 19.7 Å². The maximum Gasteiger partial charge on any atom is 0.511 e. The molecule has 0 unspecified atom stereocenters. The summed E-state index contributed by atoms with van der Waals surface area (Å²) < 4.78 is 20.4. The predicted molar refractivity (Wildman–Crippen MR) is 137 cm³/mol. The normalized spacial score (nSPS) is 11.3. The average molecular weight is 577 g/mol. The van der Waals surface area contributed by atoms with Crippen LogP contribution in [0.5, 0.6) is 23.0 Å². The summed E-state index contributed by atoms with van der Waals surface area (Å²) in [6.45, 7) is 0. The third kappa shape index (κ3) is 6.33. The molecular formula is C26H12N2O10S2. The SMILES string of the molecule is N#CC(C#N)=C1Sc2c(OC(=O)c3ccc(OC(=O)O)cc3)ccc(OC(=O)c3ccc(OC(=O)O)cc3)c2S1. The van der Waals surface area contributed by atoms with Gasteiger partial charge in [0.05, 0.1) is 25.2 Å². The highest BCUT2D eigenvalue weighted by atomic mass is 32.2. The van der Waals surface area contributed by atoms with Crippen molar-refractivity contribution in [3.63, 3.8) is 0 Å². The summed E-state index contributed by atoms with van der Waals surface area (Å²) in [5.74, 6) is -1.46. The molecule has 0 fully saturated rings. The molecule has 40 heavy (non-hydrogen) atoms. The molecular weight excluding hydrogens is 564 g/mol. The Labute approximate surface area is 232 Å². The lowest BCUT2D eigenvalue weighted by Crippen LogP contribution is -2.11. The van der Waals surface area contributed by atoms with Gasteiger partial charge < -0.3 is 29.2 Å². The quantitative estimate of drug-likeness (QED) is 0.157. The zero-order valence-corrected chi connectivity index (χ0v) is 21.3. The van der Waals surface area contributed by atoms with Gasteiger partial charge in [-0.3, -0.25) is 0 Å². The minimum atomic E-state index is -1.51. The van der Waals surface area contributed by atoms with Crippen molar-refractivity contribution in [2.24, 2.45) is 0 Å². The second-order valence-electron chi connectivity index (χ2n) is 7.37. The monoisotopic (exact) mass is 576 g/mol. The van der Waals surface area contributed by atoms with E-state index in [1.54, 1.807) is 12.1 Å². The molecule has 1 heterocycles. The first kappa shape index (κ1) is 27.6. The number of nitriles is 2. The minimum absolute atomic E-state index is 0.00225. The molecule has 4 rings (SSSR count). The van der Waals surface area contributed by atoms with E-state index >= 15 is 0 Å². The molecule has 0 saturated carbocycles. The van der Waals surface area contributed by atoms with Crippen LogP contribution in [-0.2, 0) is 0 Å². The number of carboxylic acid groups (broad SMARTS) is 2. The van der Waals surface area contributed by atoms with Crippen molar-refractivity contribution in [2.75, 3.05) is 0 Å². The number of esters is 2. The first-order chi connectivity index (χ1) is 19.2. The van der Waals surface area contributed by atoms with Crippen LogP contribution in [0, 0.1) is 22.7 Å². The molecule has 0 atom stereocenters. The first-order valence-corrected chi connectivity index (χ1v) is 12.3. The molecule has 1 aliphatic rings. The maximum atomic E-state index is 12.8. The van der Waals surface area contributed by atoms with E-state index in [9.17, 15) is 29.7 Å². The van der Waals surface area contributed by atoms with Crippen LogP contribution in [-0.4, -0.2) is 34.5 Å². The molecule has 0 amide bonds. The summed E-state index contributed by atoms with van der Waals surface area (Å²) in [5, 5.41) is 36.0. The number of carbonyl (C=O) groups excluding carboxylic acids is 2. The third-order valence-electron chi connectivity index (χ3n) is 4.85. The first-order valence-electron chi connectivity index (χ1n) is 10.7. The molecule has 2 N–H and O–H groups in total. The summed E-state index contributed by atoms with van der Waals surface area (Å²) >= 11 is 1.97. The van der Waals surface area contributed by atoms with Crippen molar-refractivity contribution >= 4 is 47.8 Å². The van der Waals surface area contributed by atoms with Gasteiger partial charge in [-0.2, -0.15) is 10.5 Å². The molecule has 3 aromatic rings. The van der Waals surface area contributed by atoms with E-state index in [2.05, 4.69) is 9.47 Å². The van der Waals surface area contributed by atoms with Crippen molar-refractivity contribution in [3.05, 3.63) is 81.6 Å². The van der Waals surface area contributed by atoms with Crippen molar-refractivity contribution in [2.45, 2.75) is 9.79 Å². The van der Waals surface area contributed by atoms with Crippen molar-refractivity contribution < 1.29 is 48.3 Å². The summed E-state index contributed by atoms with van der Waals surface area (Å²) in [7, 11) is 0.